The Morgan fingerprint density at radius 2 is 1.84 bits per heavy atom. The number of hydrogen-bond donors (Lipinski definition) is 2. The van der Waals surface area contributed by atoms with Crippen molar-refractivity contribution in [3.05, 3.63) is 45.7 Å². The van der Waals surface area contributed by atoms with Crippen LogP contribution < -0.4 is 25.2 Å². The molecule has 2 heterocycles. The van der Waals surface area contributed by atoms with Crippen molar-refractivity contribution in [2.75, 3.05) is 31.8 Å². The number of carbonyl (C=O) groups excluding carboxylic acids is 1. The zero-order valence-electron chi connectivity index (χ0n) is 23.1. The number of nitrogens with zero attached hydrogens (tertiary/aromatic N) is 2. The number of carboxylic acids is 1. The number of alkyl carbamates (subject to hydrolysis) is 1. The molecule has 3 rings (SSSR count). The number of benzene rings is 1. The number of unbranched alkanes of at least 4 members (excludes halogenated alkanes) is 2. The van der Waals surface area contributed by atoms with E-state index in [2.05, 4.69) is 19.2 Å². The molecule has 10 nitrogen and oxygen atoms in total. The average molecular weight is 530 g/mol. The van der Waals surface area contributed by atoms with Crippen LogP contribution in [0.1, 0.15) is 69.8 Å². The maximum atomic E-state index is 12.5. The topological polar surface area (TPSA) is 119 Å². The van der Waals surface area contributed by atoms with Gasteiger partial charge in [0.05, 0.1) is 26.0 Å². The minimum Gasteiger partial charge on any atom is -0.493 e. The first-order valence-corrected chi connectivity index (χ1v) is 13.0. The van der Waals surface area contributed by atoms with Gasteiger partial charge in [0, 0.05) is 30.9 Å². The van der Waals surface area contributed by atoms with Crippen molar-refractivity contribution in [2.24, 2.45) is 5.92 Å². The van der Waals surface area contributed by atoms with Gasteiger partial charge in [0.15, 0.2) is 16.9 Å². The van der Waals surface area contributed by atoms with E-state index in [1.807, 2.05) is 37.9 Å². The lowest BCUT2D eigenvalue weighted by molar-refractivity contribution is 0.0526. The molecule has 1 amide bonds. The molecular formula is C28H39N3O7. The first-order chi connectivity index (χ1) is 17.9. The quantitative estimate of drug-likeness (QED) is 0.411. The van der Waals surface area contributed by atoms with Gasteiger partial charge in [0.2, 0.25) is 0 Å². The summed E-state index contributed by atoms with van der Waals surface area (Å²) in [5.41, 5.74) is 1.06. The minimum absolute atomic E-state index is 0.265. The van der Waals surface area contributed by atoms with Crippen molar-refractivity contribution in [1.82, 2.24) is 9.99 Å². The number of nitrogens with one attached hydrogen (secondary N) is 1. The third-order valence-electron chi connectivity index (χ3n) is 5.91. The van der Waals surface area contributed by atoms with Crippen molar-refractivity contribution >= 4 is 12.1 Å². The molecule has 0 aliphatic carbocycles. The number of carbonyl (C=O) groups is 2. The van der Waals surface area contributed by atoms with Crippen LogP contribution >= 0.6 is 0 Å². The first kappa shape index (κ1) is 28.9. The number of fused-ring (bicyclic) bond motifs is 3. The van der Waals surface area contributed by atoms with E-state index in [1.54, 1.807) is 11.8 Å². The molecule has 0 atom stereocenters. The van der Waals surface area contributed by atoms with Gasteiger partial charge in [-0.15, -0.1) is 0 Å². The summed E-state index contributed by atoms with van der Waals surface area (Å²) in [7, 11) is 1.56. The number of methoxy groups -OCH3 is 1. The minimum atomic E-state index is -1.25. The van der Waals surface area contributed by atoms with Crippen molar-refractivity contribution < 1.29 is 28.9 Å². The number of aromatic carboxylic acids is 1. The van der Waals surface area contributed by atoms with Gasteiger partial charge in [0.25, 0.3) is 0 Å². The summed E-state index contributed by atoms with van der Waals surface area (Å²) >= 11 is 0. The molecular weight excluding hydrogens is 490 g/mol. The van der Waals surface area contributed by atoms with Crippen LogP contribution in [0.25, 0.3) is 11.3 Å². The molecule has 0 fully saturated rings. The third kappa shape index (κ3) is 7.43. The predicted molar refractivity (Wildman–Crippen MR) is 145 cm³/mol. The van der Waals surface area contributed by atoms with Crippen molar-refractivity contribution in [3.63, 3.8) is 0 Å². The summed E-state index contributed by atoms with van der Waals surface area (Å²) in [5, 5.41) is 14.3. The lowest BCUT2D eigenvalue weighted by atomic mass is 9.99. The monoisotopic (exact) mass is 529 g/mol. The smallest absolute Gasteiger partial charge is 0.407 e. The van der Waals surface area contributed by atoms with Crippen LogP contribution in [0.15, 0.2) is 29.2 Å². The highest BCUT2D eigenvalue weighted by Crippen LogP contribution is 2.38. The number of ether oxygens (including phenoxy) is 3. The van der Waals surface area contributed by atoms with Crippen molar-refractivity contribution in [1.29, 1.82) is 0 Å². The van der Waals surface area contributed by atoms with E-state index in [-0.39, 0.29) is 5.56 Å². The van der Waals surface area contributed by atoms with Gasteiger partial charge >= 0.3 is 12.1 Å². The van der Waals surface area contributed by atoms with E-state index >= 15 is 0 Å². The van der Waals surface area contributed by atoms with Gasteiger partial charge in [-0.2, -0.15) is 0 Å². The number of pyridine rings is 1. The second-order valence-electron chi connectivity index (χ2n) is 10.8. The van der Waals surface area contributed by atoms with Gasteiger partial charge in [0.1, 0.15) is 11.2 Å². The molecule has 0 unspecified atom stereocenters. The first-order valence-electron chi connectivity index (χ1n) is 13.0. The average Bonchev–Trinajstić information content (AvgIpc) is 2.81. The lowest BCUT2D eigenvalue weighted by Crippen LogP contribution is -2.41. The van der Waals surface area contributed by atoms with Crippen molar-refractivity contribution in [3.8, 4) is 22.8 Å². The van der Waals surface area contributed by atoms with Crippen LogP contribution in [-0.2, 0) is 11.3 Å². The standard InChI is InChI=1S/C28H39N3O7/c1-18(2)15-30-16-19-12-25(37-11-9-7-8-10-29-27(35)38-28(3,4)5)24(36-6)13-20(19)22-14-23(32)21(26(33)34)17-31(22)30/h12-14,17-18H,7-11,15-16H2,1-6H3,(H,29,35)(H,33,34). The van der Waals surface area contributed by atoms with Crippen LogP contribution in [0.3, 0.4) is 0 Å². The Balaban J connectivity index is 1.70. The summed E-state index contributed by atoms with van der Waals surface area (Å²) in [4.78, 5) is 35.9. The summed E-state index contributed by atoms with van der Waals surface area (Å²) in [5.74, 6) is 0.216. The molecule has 2 N–H and O–H groups in total. The van der Waals surface area contributed by atoms with Gasteiger partial charge in [-0.1, -0.05) is 13.8 Å². The maximum absolute atomic E-state index is 12.5. The van der Waals surface area contributed by atoms with Crippen LogP contribution in [0, 0.1) is 5.92 Å². The fraction of sp³-hybridized carbons (Fsp3) is 0.536. The summed E-state index contributed by atoms with van der Waals surface area (Å²) < 4.78 is 18.6. The van der Waals surface area contributed by atoms with Gasteiger partial charge in [-0.25, -0.2) is 9.59 Å². The molecule has 1 aliphatic rings. The number of carboxylic acid groups (broad SMARTS) is 1. The van der Waals surface area contributed by atoms with Crippen LogP contribution in [0.5, 0.6) is 11.5 Å². The Morgan fingerprint density at radius 1 is 1.11 bits per heavy atom. The van der Waals surface area contributed by atoms with Crippen LogP contribution in [0.4, 0.5) is 4.79 Å². The Hall–Kier alpha value is -3.69. The fourth-order valence-corrected chi connectivity index (χ4v) is 4.30. The molecule has 10 heteroatoms. The second-order valence-corrected chi connectivity index (χ2v) is 10.8. The summed E-state index contributed by atoms with van der Waals surface area (Å²) in [6.45, 7) is 11.9. The number of amides is 1. The maximum Gasteiger partial charge on any atom is 0.407 e. The predicted octanol–water partition coefficient (Wildman–Crippen LogP) is 4.40. The Labute approximate surface area is 223 Å². The van der Waals surface area contributed by atoms with Crippen molar-refractivity contribution in [2.45, 2.75) is 66.0 Å². The van der Waals surface area contributed by atoms with Gasteiger partial charge < -0.3 is 29.6 Å². The molecule has 0 bridgehead atoms. The number of rotatable bonds is 11. The van der Waals surface area contributed by atoms with Gasteiger partial charge in [-0.3, -0.25) is 9.47 Å². The van der Waals surface area contributed by atoms with E-state index < -0.39 is 23.1 Å². The highest BCUT2D eigenvalue weighted by atomic mass is 16.6. The van der Waals surface area contributed by atoms with Gasteiger partial charge in [-0.05, 0) is 63.6 Å². The highest BCUT2D eigenvalue weighted by molar-refractivity contribution is 5.88. The zero-order chi connectivity index (χ0) is 28.0. The third-order valence-corrected chi connectivity index (χ3v) is 5.91. The Bertz CT molecular complexity index is 1210. The Morgan fingerprint density at radius 3 is 2.47 bits per heavy atom. The second kappa shape index (κ2) is 12.2. The molecule has 1 aromatic carbocycles. The largest absolute Gasteiger partial charge is 0.493 e. The molecule has 0 saturated carbocycles. The Kier molecular flexibility index (Phi) is 9.30. The number of hydrogen-bond acceptors (Lipinski definition) is 7. The molecule has 0 saturated heterocycles. The summed E-state index contributed by atoms with van der Waals surface area (Å²) in [6, 6.07) is 5.15. The zero-order valence-corrected chi connectivity index (χ0v) is 23.1. The van der Waals surface area contributed by atoms with E-state index in [1.165, 1.54) is 12.3 Å². The summed E-state index contributed by atoms with van der Waals surface area (Å²) in [6.07, 6.45) is 3.46. The highest BCUT2D eigenvalue weighted by Gasteiger charge is 2.26. The molecule has 1 aromatic heterocycles. The molecule has 38 heavy (non-hydrogen) atoms. The van der Waals surface area contributed by atoms with Crippen LogP contribution in [-0.4, -0.2) is 54.3 Å². The van der Waals surface area contributed by atoms with E-state index in [4.69, 9.17) is 14.2 Å². The SMILES string of the molecule is COc1cc2c(cc1OCCCCCNC(=O)OC(C)(C)C)CN(CC(C)C)n1cc(C(=O)O)c(=O)cc1-2. The lowest BCUT2D eigenvalue weighted by Gasteiger charge is -2.36. The molecule has 2 aromatic rings. The number of aromatic nitrogens is 1. The van der Waals surface area contributed by atoms with E-state index in [0.717, 1.165) is 30.4 Å². The molecule has 0 radical (unpaired) electrons. The normalized spacial score (nSPS) is 12.6. The fourth-order valence-electron chi connectivity index (χ4n) is 4.30. The molecule has 0 spiro atoms. The van der Waals surface area contributed by atoms with E-state index in [0.29, 0.717) is 49.4 Å². The van der Waals surface area contributed by atoms with Crippen LogP contribution in [0.2, 0.25) is 0 Å². The van der Waals surface area contributed by atoms with E-state index in [9.17, 15) is 19.5 Å². The molecule has 1 aliphatic heterocycles. The molecule has 208 valence electrons.